The fraction of sp³-hybridized carbons (Fsp3) is 0.609. The van der Waals surface area contributed by atoms with Crippen molar-refractivity contribution in [2.45, 2.75) is 70.1 Å². The molecule has 0 bridgehead atoms. The molecule has 1 aromatic rings. The van der Waals surface area contributed by atoms with Gasteiger partial charge in [-0.2, -0.15) is 0 Å². The molecule has 0 aromatic heterocycles. The Morgan fingerprint density at radius 3 is 2.90 bits per heavy atom. The van der Waals surface area contributed by atoms with Crippen LogP contribution in [0.5, 0.6) is 0 Å². The van der Waals surface area contributed by atoms with Gasteiger partial charge in [0.05, 0.1) is 0 Å². The van der Waals surface area contributed by atoms with Crippen LogP contribution in [0, 0.1) is 5.41 Å². The molecule has 1 aliphatic carbocycles. The summed E-state index contributed by atoms with van der Waals surface area (Å²) in [5.41, 5.74) is 3.21. The van der Waals surface area contributed by atoms with E-state index < -0.39 is 6.04 Å². The van der Waals surface area contributed by atoms with Crippen LogP contribution in [-0.4, -0.2) is 47.8 Å². The van der Waals surface area contributed by atoms with E-state index in [1.54, 1.807) is 4.90 Å². The molecule has 3 heterocycles. The second kappa shape index (κ2) is 7.78. The van der Waals surface area contributed by atoms with E-state index >= 15 is 0 Å². The third kappa shape index (κ3) is 3.44. The lowest BCUT2D eigenvalue weighted by Gasteiger charge is -2.39. The standard InChI is InChI=1S/C23H30N4O3/c28-20-7-6-18(21(29)26-20)27-13-16-11-15(4-5-17(16)22(27)30)12-24-14-23-8-2-1-3-19(23)25-10-9-23/h4-5,11,18-19,24-25H,1-3,6-10,12-14H2,(H,26,28,29). The predicted octanol–water partition coefficient (Wildman–Crippen LogP) is 1.46. The van der Waals surface area contributed by atoms with Crippen LogP contribution in [0.4, 0.5) is 0 Å². The van der Waals surface area contributed by atoms with E-state index in [9.17, 15) is 14.4 Å². The molecule has 7 heteroatoms. The summed E-state index contributed by atoms with van der Waals surface area (Å²) in [6.07, 6.45) is 7.19. The normalized spacial score (nSPS) is 30.9. The monoisotopic (exact) mass is 410 g/mol. The lowest BCUT2D eigenvalue weighted by atomic mass is 9.70. The second-order valence-electron chi connectivity index (χ2n) is 9.36. The zero-order valence-corrected chi connectivity index (χ0v) is 17.3. The topological polar surface area (TPSA) is 90.5 Å². The number of nitrogens with zero attached hydrogens (tertiary/aromatic N) is 1. The van der Waals surface area contributed by atoms with Crippen molar-refractivity contribution >= 4 is 17.7 Å². The van der Waals surface area contributed by atoms with Gasteiger partial charge >= 0.3 is 0 Å². The summed E-state index contributed by atoms with van der Waals surface area (Å²) in [6, 6.07) is 6.09. The Labute approximate surface area is 177 Å². The maximum atomic E-state index is 12.8. The lowest BCUT2D eigenvalue weighted by molar-refractivity contribution is -0.136. The van der Waals surface area contributed by atoms with Crippen molar-refractivity contribution in [1.82, 2.24) is 20.9 Å². The number of hydrogen-bond acceptors (Lipinski definition) is 5. The van der Waals surface area contributed by atoms with E-state index in [-0.39, 0.29) is 24.1 Å². The van der Waals surface area contributed by atoms with E-state index in [4.69, 9.17) is 0 Å². The highest BCUT2D eigenvalue weighted by molar-refractivity contribution is 6.05. The molecule has 0 spiro atoms. The zero-order chi connectivity index (χ0) is 20.7. The smallest absolute Gasteiger partial charge is 0.255 e. The molecule has 7 nitrogen and oxygen atoms in total. The van der Waals surface area contributed by atoms with Gasteiger partial charge in [0, 0.05) is 37.7 Å². The average molecular weight is 411 g/mol. The van der Waals surface area contributed by atoms with Crippen molar-refractivity contribution in [3.05, 3.63) is 34.9 Å². The fourth-order valence-corrected chi connectivity index (χ4v) is 5.91. The molecule has 0 radical (unpaired) electrons. The van der Waals surface area contributed by atoms with Gasteiger partial charge < -0.3 is 15.5 Å². The Balaban J connectivity index is 1.22. The van der Waals surface area contributed by atoms with Crippen molar-refractivity contribution in [2.24, 2.45) is 5.41 Å². The number of nitrogens with one attached hydrogen (secondary N) is 3. The summed E-state index contributed by atoms with van der Waals surface area (Å²) < 4.78 is 0. The van der Waals surface area contributed by atoms with Crippen molar-refractivity contribution in [3.8, 4) is 0 Å². The van der Waals surface area contributed by atoms with Crippen LogP contribution in [-0.2, 0) is 22.7 Å². The van der Waals surface area contributed by atoms with Crippen LogP contribution in [0.3, 0.4) is 0 Å². The van der Waals surface area contributed by atoms with E-state index in [2.05, 4.69) is 22.0 Å². The van der Waals surface area contributed by atoms with E-state index in [1.165, 1.54) is 37.7 Å². The van der Waals surface area contributed by atoms with Gasteiger partial charge in [-0.15, -0.1) is 0 Å². The summed E-state index contributed by atoms with van der Waals surface area (Å²) in [6.45, 7) is 3.38. The lowest BCUT2D eigenvalue weighted by Crippen LogP contribution is -2.52. The van der Waals surface area contributed by atoms with Crippen molar-refractivity contribution in [3.63, 3.8) is 0 Å². The van der Waals surface area contributed by atoms with Gasteiger partial charge in [0.15, 0.2) is 0 Å². The third-order valence-corrected chi connectivity index (χ3v) is 7.56. The summed E-state index contributed by atoms with van der Waals surface area (Å²) >= 11 is 0. The summed E-state index contributed by atoms with van der Waals surface area (Å²) in [5, 5.41) is 9.73. The molecule has 3 unspecified atom stereocenters. The zero-order valence-electron chi connectivity index (χ0n) is 17.3. The van der Waals surface area contributed by atoms with Gasteiger partial charge in [-0.3, -0.25) is 19.7 Å². The first kappa shape index (κ1) is 19.7. The van der Waals surface area contributed by atoms with Crippen molar-refractivity contribution < 1.29 is 14.4 Å². The number of hydrogen-bond donors (Lipinski definition) is 3. The number of rotatable bonds is 5. The highest BCUT2D eigenvalue weighted by atomic mass is 16.2. The van der Waals surface area contributed by atoms with Crippen LogP contribution in [0.1, 0.15) is 66.4 Å². The molecular formula is C23H30N4O3. The van der Waals surface area contributed by atoms with Crippen LogP contribution < -0.4 is 16.0 Å². The molecule has 4 aliphatic rings. The molecule has 2 saturated heterocycles. The SMILES string of the molecule is O=C1CCC(N2Cc3cc(CNCC45CCCCC4NCC5)ccc3C2=O)C(=O)N1. The molecule has 3 N–H and O–H groups in total. The highest BCUT2D eigenvalue weighted by Crippen LogP contribution is 2.42. The van der Waals surface area contributed by atoms with E-state index in [0.717, 1.165) is 25.2 Å². The molecule has 30 heavy (non-hydrogen) atoms. The number of imide groups is 1. The van der Waals surface area contributed by atoms with Gasteiger partial charge in [0.1, 0.15) is 6.04 Å². The highest BCUT2D eigenvalue weighted by Gasteiger charge is 2.43. The molecule has 160 valence electrons. The van der Waals surface area contributed by atoms with Crippen LogP contribution in [0.25, 0.3) is 0 Å². The average Bonchev–Trinajstić information content (AvgIpc) is 3.29. The summed E-state index contributed by atoms with van der Waals surface area (Å²) in [7, 11) is 0. The molecule has 5 rings (SSSR count). The molecule has 3 fully saturated rings. The number of piperidine rings is 1. The van der Waals surface area contributed by atoms with Crippen molar-refractivity contribution in [2.75, 3.05) is 13.1 Å². The number of carbonyl (C=O) groups excluding carboxylic acids is 3. The Bertz CT molecular complexity index is 885. The van der Waals surface area contributed by atoms with Crippen LogP contribution >= 0.6 is 0 Å². The molecule has 3 amide bonds. The number of benzene rings is 1. The van der Waals surface area contributed by atoms with E-state index in [1.807, 2.05) is 12.1 Å². The molecule has 1 saturated carbocycles. The van der Waals surface area contributed by atoms with Crippen LogP contribution in [0.2, 0.25) is 0 Å². The Hall–Kier alpha value is -2.25. The Morgan fingerprint density at radius 1 is 1.13 bits per heavy atom. The Kier molecular flexibility index (Phi) is 5.11. The number of carbonyl (C=O) groups is 3. The fourth-order valence-electron chi connectivity index (χ4n) is 5.91. The number of amides is 3. The predicted molar refractivity (Wildman–Crippen MR) is 112 cm³/mol. The maximum Gasteiger partial charge on any atom is 0.255 e. The quantitative estimate of drug-likeness (QED) is 0.640. The first-order valence-corrected chi connectivity index (χ1v) is 11.3. The third-order valence-electron chi connectivity index (χ3n) is 7.56. The molecule has 3 aliphatic heterocycles. The molecule has 1 aromatic carbocycles. The minimum absolute atomic E-state index is 0.111. The first-order valence-electron chi connectivity index (χ1n) is 11.3. The first-order chi connectivity index (χ1) is 14.6. The second-order valence-corrected chi connectivity index (χ2v) is 9.36. The summed E-state index contributed by atoms with van der Waals surface area (Å²) in [4.78, 5) is 38.0. The van der Waals surface area contributed by atoms with Gasteiger partial charge in [-0.1, -0.05) is 25.0 Å². The molecule has 3 atom stereocenters. The molecular weight excluding hydrogens is 380 g/mol. The Morgan fingerprint density at radius 2 is 2.03 bits per heavy atom. The van der Waals surface area contributed by atoms with E-state index in [0.29, 0.717) is 30.0 Å². The minimum Gasteiger partial charge on any atom is -0.322 e. The van der Waals surface area contributed by atoms with Gasteiger partial charge in [-0.25, -0.2) is 0 Å². The minimum atomic E-state index is -0.554. The van der Waals surface area contributed by atoms with Gasteiger partial charge in [-0.05, 0) is 54.8 Å². The number of fused-ring (bicyclic) bond motifs is 2. The van der Waals surface area contributed by atoms with Gasteiger partial charge in [0.25, 0.3) is 5.91 Å². The maximum absolute atomic E-state index is 12.8. The van der Waals surface area contributed by atoms with Gasteiger partial charge in [0.2, 0.25) is 11.8 Å². The summed E-state index contributed by atoms with van der Waals surface area (Å²) in [5.74, 6) is -0.730. The van der Waals surface area contributed by atoms with Crippen molar-refractivity contribution in [1.29, 1.82) is 0 Å². The largest absolute Gasteiger partial charge is 0.322 e. The van der Waals surface area contributed by atoms with Crippen LogP contribution in [0.15, 0.2) is 18.2 Å².